The number of allylic oxidation sites excluding steroid dienone is 1. The number of benzene rings is 1. The summed E-state index contributed by atoms with van der Waals surface area (Å²) in [6, 6.07) is 6.05. The lowest BCUT2D eigenvalue weighted by Crippen LogP contribution is -2.18. The van der Waals surface area contributed by atoms with Crippen LogP contribution in [0.15, 0.2) is 36.9 Å². The monoisotopic (exact) mass is 259 g/mol. The molecule has 0 saturated carbocycles. The van der Waals surface area contributed by atoms with Crippen LogP contribution in [0.1, 0.15) is 24.0 Å². The molecule has 0 aliphatic heterocycles. The highest BCUT2D eigenvalue weighted by atomic mass is 16.4. The Balaban J connectivity index is 2.75. The van der Waals surface area contributed by atoms with Crippen LogP contribution in [-0.4, -0.2) is 24.7 Å². The molecule has 0 aromatic heterocycles. The van der Waals surface area contributed by atoms with Gasteiger partial charge in [0.25, 0.3) is 0 Å². The number of nitrogens with zero attached hydrogens (tertiary/aromatic N) is 1. The molecule has 3 nitrogen and oxygen atoms in total. The average Bonchev–Trinajstić information content (AvgIpc) is 2.37. The number of aliphatic carboxylic acids is 1. The van der Waals surface area contributed by atoms with Crippen molar-refractivity contribution in [1.29, 1.82) is 0 Å². The first-order chi connectivity index (χ1) is 9.04. The van der Waals surface area contributed by atoms with Crippen molar-refractivity contribution in [3.05, 3.63) is 48.1 Å². The Bertz CT molecular complexity index is 478. The maximum Gasteiger partial charge on any atom is 0.328 e. The van der Waals surface area contributed by atoms with E-state index in [0.29, 0.717) is 0 Å². The molecule has 0 fully saturated rings. The summed E-state index contributed by atoms with van der Waals surface area (Å²) in [7, 11) is 2.06. The van der Waals surface area contributed by atoms with E-state index in [4.69, 9.17) is 5.11 Å². The molecule has 0 aliphatic carbocycles. The molecular weight excluding hydrogens is 238 g/mol. The van der Waals surface area contributed by atoms with Crippen molar-refractivity contribution in [2.75, 3.05) is 18.5 Å². The number of aryl methyl sites for hydroxylation is 1. The van der Waals surface area contributed by atoms with E-state index in [9.17, 15) is 4.79 Å². The number of carbonyl (C=O) groups is 1. The molecule has 1 N–H and O–H groups in total. The molecule has 0 atom stereocenters. The van der Waals surface area contributed by atoms with Crippen molar-refractivity contribution >= 4 is 17.7 Å². The van der Waals surface area contributed by atoms with Crippen LogP contribution in [0.5, 0.6) is 0 Å². The normalized spacial score (nSPS) is 10.6. The largest absolute Gasteiger partial charge is 0.478 e. The topological polar surface area (TPSA) is 40.5 Å². The summed E-state index contributed by atoms with van der Waals surface area (Å²) in [5.41, 5.74) is 3.16. The Kier molecular flexibility index (Phi) is 5.86. The summed E-state index contributed by atoms with van der Waals surface area (Å²) in [6.07, 6.45) is 6.82. The summed E-state index contributed by atoms with van der Waals surface area (Å²) in [4.78, 5) is 12.7. The molecule has 0 radical (unpaired) electrons. The Morgan fingerprint density at radius 3 is 2.79 bits per heavy atom. The number of hydrogen-bond donors (Lipinski definition) is 1. The van der Waals surface area contributed by atoms with Gasteiger partial charge in [0.15, 0.2) is 0 Å². The van der Waals surface area contributed by atoms with Crippen molar-refractivity contribution in [2.24, 2.45) is 0 Å². The van der Waals surface area contributed by atoms with Gasteiger partial charge in [-0.2, -0.15) is 0 Å². The second-order valence-corrected chi connectivity index (χ2v) is 4.56. The third-order valence-electron chi connectivity index (χ3n) is 3.00. The summed E-state index contributed by atoms with van der Waals surface area (Å²) in [5, 5.41) is 8.63. The van der Waals surface area contributed by atoms with Gasteiger partial charge in [-0.25, -0.2) is 4.79 Å². The Morgan fingerprint density at radius 2 is 2.21 bits per heavy atom. The van der Waals surface area contributed by atoms with Gasteiger partial charge in [0.1, 0.15) is 0 Å². The second-order valence-electron chi connectivity index (χ2n) is 4.56. The van der Waals surface area contributed by atoms with Gasteiger partial charge in [-0.3, -0.25) is 0 Å². The predicted octanol–water partition coefficient (Wildman–Crippen LogP) is 3.50. The van der Waals surface area contributed by atoms with Crippen LogP contribution in [0, 0.1) is 6.92 Å². The van der Waals surface area contributed by atoms with Gasteiger partial charge in [-0.05, 0) is 49.1 Å². The maximum atomic E-state index is 10.5. The van der Waals surface area contributed by atoms with Crippen LogP contribution in [0.3, 0.4) is 0 Å². The van der Waals surface area contributed by atoms with Gasteiger partial charge >= 0.3 is 5.97 Å². The first kappa shape index (κ1) is 15.0. The maximum absolute atomic E-state index is 10.5. The van der Waals surface area contributed by atoms with Crippen LogP contribution < -0.4 is 4.90 Å². The first-order valence-corrected chi connectivity index (χ1v) is 6.38. The highest BCUT2D eigenvalue weighted by Gasteiger charge is 2.03. The quantitative estimate of drug-likeness (QED) is 0.463. The molecule has 1 aromatic carbocycles. The van der Waals surface area contributed by atoms with Gasteiger partial charge in [0.05, 0.1) is 0 Å². The molecule has 0 saturated heterocycles. The number of carboxylic acids is 1. The Labute approximate surface area is 114 Å². The first-order valence-electron chi connectivity index (χ1n) is 6.38. The summed E-state index contributed by atoms with van der Waals surface area (Å²) in [5.74, 6) is -0.926. The van der Waals surface area contributed by atoms with Gasteiger partial charge < -0.3 is 10.0 Å². The van der Waals surface area contributed by atoms with Crippen molar-refractivity contribution in [1.82, 2.24) is 0 Å². The van der Waals surface area contributed by atoms with E-state index in [2.05, 4.69) is 24.6 Å². The van der Waals surface area contributed by atoms with E-state index in [0.717, 1.165) is 42.3 Å². The smallest absolute Gasteiger partial charge is 0.328 e. The van der Waals surface area contributed by atoms with Gasteiger partial charge in [0.2, 0.25) is 0 Å². The van der Waals surface area contributed by atoms with Crippen LogP contribution in [-0.2, 0) is 4.79 Å². The highest BCUT2D eigenvalue weighted by molar-refractivity contribution is 5.85. The van der Waals surface area contributed by atoms with E-state index in [1.54, 1.807) is 6.08 Å². The molecule has 19 heavy (non-hydrogen) atoms. The van der Waals surface area contributed by atoms with Crippen LogP contribution >= 0.6 is 0 Å². The molecule has 1 aromatic rings. The van der Waals surface area contributed by atoms with E-state index in [-0.39, 0.29) is 0 Å². The van der Waals surface area contributed by atoms with Crippen LogP contribution in [0.2, 0.25) is 0 Å². The van der Waals surface area contributed by atoms with Crippen molar-refractivity contribution in [3.63, 3.8) is 0 Å². The third-order valence-corrected chi connectivity index (χ3v) is 3.00. The fourth-order valence-corrected chi connectivity index (χ4v) is 1.85. The van der Waals surface area contributed by atoms with E-state index < -0.39 is 5.97 Å². The lowest BCUT2D eigenvalue weighted by molar-refractivity contribution is -0.131. The molecule has 0 heterocycles. The molecule has 0 bridgehead atoms. The predicted molar refractivity (Wildman–Crippen MR) is 80.5 cm³/mol. The molecule has 0 unspecified atom stereocenters. The second kappa shape index (κ2) is 7.41. The lowest BCUT2D eigenvalue weighted by Gasteiger charge is -2.20. The number of unbranched alkanes of at least 4 members (excludes halogenated alkanes) is 1. The molecule has 3 heteroatoms. The van der Waals surface area contributed by atoms with E-state index >= 15 is 0 Å². The van der Waals surface area contributed by atoms with Gasteiger partial charge in [0, 0.05) is 25.4 Å². The van der Waals surface area contributed by atoms with Crippen molar-refractivity contribution < 1.29 is 9.90 Å². The minimum absolute atomic E-state index is 0.926. The molecule has 0 aliphatic rings. The minimum atomic E-state index is -0.926. The summed E-state index contributed by atoms with van der Waals surface area (Å²) in [6.45, 7) is 6.69. The number of anilines is 1. The Morgan fingerprint density at radius 1 is 1.47 bits per heavy atom. The van der Waals surface area contributed by atoms with Gasteiger partial charge in [-0.1, -0.05) is 12.1 Å². The molecule has 102 valence electrons. The molecule has 0 amide bonds. The summed E-state index contributed by atoms with van der Waals surface area (Å²) >= 11 is 0. The number of rotatable bonds is 7. The van der Waals surface area contributed by atoms with Crippen LogP contribution in [0.25, 0.3) is 6.08 Å². The zero-order chi connectivity index (χ0) is 14.3. The van der Waals surface area contributed by atoms with Crippen molar-refractivity contribution in [3.8, 4) is 0 Å². The highest BCUT2D eigenvalue weighted by Crippen LogP contribution is 2.19. The average molecular weight is 259 g/mol. The van der Waals surface area contributed by atoms with E-state index in [1.165, 1.54) is 0 Å². The standard InChI is InChI=1S/C16H21NO2/c1-4-5-6-11-17(3)15-9-7-14(13(2)12-15)8-10-16(18)19/h4,7-10,12H,1,5-6,11H2,2-3H3,(H,18,19)/b10-8+. The third kappa shape index (κ3) is 5.00. The van der Waals surface area contributed by atoms with Crippen molar-refractivity contribution in [2.45, 2.75) is 19.8 Å². The lowest BCUT2D eigenvalue weighted by atomic mass is 10.1. The molecule has 0 spiro atoms. The van der Waals surface area contributed by atoms with Crippen LogP contribution in [0.4, 0.5) is 5.69 Å². The fourth-order valence-electron chi connectivity index (χ4n) is 1.85. The zero-order valence-electron chi connectivity index (χ0n) is 11.6. The minimum Gasteiger partial charge on any atom is -0.478 e. The van der Waals surface area contributed by atoms with E-state index in [1.807, 2.05) is 25.1 Å². The number of carboxylic acid groups (broad SMARTS) is 1. The SMILES string of the molecule is C=CCCCN(C)c1ccc(/C=C/C(=O)O)c(C)c1. The summed E-state index contributed by atoms with van der Waals surface area (Å²) < 4.78 is 0. The fraction of sp³-hybridized carbons (Fsp3) is 0.312. The molecule has 1 rings (SSSR count). The van der Waals surface area contributed by atoms with Gasteiger partial charge in [-0.15, -0.1) is 6.58 Å². The zero-order valence-corrected chi connectivity index (χ0v) is 11.6. The molecular formula is C16H21NO2. The number of hydrogen-bond acceptors (Lipinski definition) is 2. The Hall–Kier alpha value is -2.03.